The molecule has 0 radical (unpaired) electrons. The Hall–Kier alpha value is -1.85. The van der Waals surface area contributed by atoms with Crippen molar-refractivity contribution in [2.45, 2.75) is 6.10 Å². The molecule has 2 rings (SSSR count). The molecular weight excluding hydrogens is 356 g/mol. The number of hydrogen-bond donors (Lipinski definition) is 1. The number of nitrogens with zero attached hydrogens (tertiary/aromatic N) is 1. The molecule has 4 nitrogen and oxygen atoms in total. The Labute approximate surface area is 145 Å². The third-order valence-corrected chi connectivity index (χ3v) is 4.00. The van der Waals surface area contributed by atoms with Crippen LogP contribution < -0.4 is 10.1 Å². The van der Waals surface area contributed by atoms with E-state index in [0.29, 0.717) is 12.3 Å². The molecule has 1 amide bonds. The molecule has 1 N–H and O–H groups in total. The van der Waals surface area contributed by atoms with Gasteiger partial charge in [0.2, 0.25) is 6.10 Å². The van der Waals surface area contributed by atoms with Gasteiger partial charge in [-0.25, -0.2) is 0 Å². The normalized spacial score (nSPS) is 11.8. The highest BCUT2D eigenvalue weighted by Gasteiger charge is 2.25. The third kappa shape index (κ3) is 5.08. The predicted molar refractivity (Wildman–Crippen MR) is 95.5 cm³/mol. The Bertz CT molecular complexity index is 617. The first-order valence-electron chi connectivity index (χ1n) is 7.48. The van der Waals surface area contributed by atoms with Crippen LogP contribution in [0.1, 0.15) is 11.7 Å². The second-order valence-electron chi connectivity index (χ2n) is 5.23. The van der Waals surface area contributed by atoms with Crippen LogP contribution in [0.4, 0.5) is 0 Å². The topological polar surface area (TPSA) is 41.6 Å². The summed E-state index contributed by atoms with van der Waals surface area (Å²) in [6.07, 6.45) is -0.653. The molecule has 0 spiro atoms. The van der Waals surface area contributed by atoms with Crippen molar-refractivity contribution in [3.8, 4) is 5.75 Å². The monoisotopic (exact) mass is 376 g/mol. The molecule has 122 valence electrons. The number of halogens is 1. The van der Waals surface area contributed by atoms with E-state index in [0.717, 1.165) is 16.6 Å². The maximum atomic E-state index is 12.8. The molecular formula is C18H21BrN2O2. The van der Waals surface area contributed by atoms with Gasteiger partial charge in [-0.2, -0.15) is 0 Å². The van der Waals surface area contributed by atoms with Gasteiger partial charge in [-0.05, 0) is 31.3 Å². The van der Waals surface area contributed by atoms with Crippen LogP contribution in [-0.2, 0) is 4.79 Å². The lowest BCUT2D eigenvalue weighted by Gasteiger charge is -2.25. The summed E-state index contributed by atoms with van der Waals surface area (Å²) in [6, 6.07) is 17.1. The molecule has 0 aliphatic carbocycles. The fraction of sp³-hybridized carbons (Fsp3) is 0.278. The molecule has 1 unspecified atom stereocenters. The van der Waals surface area contributed by atoms with Crippen molar-refractivity contribution in [2.75, 3.05) is 27.2 Å². The van der Waals surface area contributed by atoms with Crippen LogP contribution in [0.25, 0.3) is 0 Å². The maximum absolute atomic E-state index is 12.8. The molecule has 0 aliphatic heterocycles. The number of likely N-dealkylation sites (N-methyl/N-ethyl adjacent to an activating group) is 2. The average Bonchev–Trinajstić information content (AvgIpc) is 2.59. The molecule has 0 saturated heterocycles. The van der Waals surface area contributed by atoms with E-state index in [1.807, 2.05) is 61.6 Å². The lowest BCUT2D eigenvalue weighted by molar-refractivity contribution is -0.137. The van der Waals surface area contributed by atoms with E-state index >= 15 is 0 Å². The summed E-state index contributed by atoms with van der Waals surface area (Å²) in [7, 11) is 3.66. The Balaban J connectivity index is 2.21. The minimum Gasteiger partial charge on any atom is -0.476 e. The summed E-state index contributed by atoms with van der Waals surface area (Å²) in [5, 5.41) is 3.05. The quantitative estimate of drug-likeness (QED) is 0.806. The first-order valence-corrected chi connectivity index (χ1v) is 8.28. The van der Waals surface area contributed by atoms with E-state index in [-0.39, 0.29) is 5.91 Å². The fourth-order valence-corrected chi connectivity index (χ4v) is 2.39. The predicted octanol–water partition coefficient (Wildman–Crippen LogP) is 3.25. The van der Waals surface area contributed by atoms with Crippen LogP contribution in [0.3, 0.4) is 0 Å². The Morgan fingerprint density at radius 3 is 2.43 bits per heavy atom. The van der Waals surface area contributed by atoms with Gasteiger partial charge in [0.25, 0.3) is 5.91 Å². The highest BCUT2D eigenvalue weighted by atomic mass is 79.9. The van der Waals surface area contributed by atoms with Gasteiger partial charge in [-0.15, -0.1) is 0 Å². The number of rotatable bonds is 7. The van der Waals surface area contributed by atoms with E-state index < -0.39 is 6.10 Å². The van der Waals surface area contributed by atoms with E-state index in [1.54, 1.807) is 11.9 Å². The summed E-state index contributed by atoms with van der Waals surface area (Å²) in [4.78, 5) is 14.5. The van der Waals surface area contributed by atoms with Crippen molar-refractivity contribution in [3.63, 3.8) is 0 Å². The van der Waals surface area contributed by atoms with Crippen molar-refractivity contribution in [3.05, 3.63) is 64.6 Å². The molecule has 1 atom stereocenters. The smallest absolute Gasteiger partial charge is 0.268 e. The van der Waals surface area contributed by atoms with Crippen molar-refractivity contribution in [1.29, 1.82) is 0 Å². The van der Waals surface area contributed by atoms with Crippen LogP contribution >= 0.6 is 15.9 Å². The Kier molecular flexibility index (Phi) is 6.62. The number of hydrogen-bond acceptors (Lipinski definition) is 3. The van der Waals surface area contributed by atoms with Crippen molar-refractivity contribution in [2.24, 2.45) is 0 Å². The summed E-state index contributed by atoms with van der Waals surface area (Å²) >= 11 is 3.40. The molecule has 0 bridgehead atoms. The zero-order valence-corrected chi connectivity index (χ0v) is 14.9. The Morgan fingerprint density at radius 1 is 1.17 bits per heavy atom. The van der Waals surface area contributed by atoms with Crippen LogP contribution in [0, 0.1) is 0 Å². The van der Waals surface area contributed by atoms with Crippen LogP contribution in [0.2, 0.25) is 0 Å². The minimum atomic E-state index is -0.653. The second-order valence-corrected chi connectivity index (χ2v) is 6.14. The number of ether oxygens (including phenoxy) is 1. The number of carbonyl (C=O) groups excluding carboxylic acids is 1. The number of carbonyl (C=O) groups is 1. The summed E-state index contributed by atoms with van der Waals surface area (Å²) < 4.78 is 6.96. The molecule has 0 saturated carbocycles. The number of benzene rings is 2. The van der Waals surface area contributed by atoms with E-state index in [2.05, 4.69) is 21.2 Å². The lowest BCUT2D eigenvalue weighted by atomic mass is 10.1. The zero-order valence-electron chi connectivity index (χ0n) is 13.3. The second kappa shape index (κ2) is 8.70. The van der Waals surface area contributed by atoms with Gasteiger partial charge >= 0.3 is 0 Å². The molecule has 2 aromatic rings. The lowest BCUT2D eigenvalue weighted by Crippen LogP contribution is -2.38. The van der Waals surface area contributed by atoms with Crippen molar-refractivity contribution < 1.29 is 9.53 Å². The minimum absolute atomic E-state index is 0.0608. The van der Waals surface area contributed by atoms with Gasteiger partial charge in [-0.1, -0.05) is 46.3 Å². The summed E-state index contributed by atoms with van der Waals surface area (Å²) in [5.41, 5.74) is 0.844. The number of nitrogens with one attached hydrogen (secondary N) is 1. The maximum Gasteiger partial charge on any atom is 0.268 e. The highest BCUT2D eigenvalue weighted by molar-refractivity contribution is 9.10. The first kappa shape index (κ1) is 17.5. The van der Waals surface area contributed by atoms with Gasteiger partial charge in [0.05, 0.1) is 0 Å². The molecule has 23 heavy (non-hydrogen) atoms. The van der Waals surface area contributed by atoms with Gasteiger partial charge < -0.3 is 15.0 Å². The van der Waals surface area contributed by atoms with Crippen LogP contribution in [0.5, 0.6) is 5.75 Å². The zero-order chi connectivity index (χ0) is 16.7. The molecule has 0 fully saturated rings. The average molecular weight is 377 g/mol. The third-order valence-electron chi connectivity index (χ3n) is 3.47. The standard InChI is InChI=1S/C18H21BrN2O2/c1-20-12-13-21(2)18(22)17(14-6-4-3-5-7-14)23-16-10-8-15(19)9-11-16/h3-11,17,20H,12-13H2,1-2H3. The molecule has 2 aromatic carbocycles. The van der Waals surface area contributed by atoms with Crippen molar-refractivity contribution >= 4 is 21.8 Å². The fourth-order valence-electron chi connectivity index (χ4n) is 2.13. The molecule has 0 heterocycles. The van der Waals surface area contributed by atoms with Gasteiger partial charge in [0.15, 0.2) is 0 Å². The molecule has 5 heteroatoms. The summed E-state index contributed by atoms with van der Waals surface area (Å²) in [5.74, 6) is 0.604. The van der Waals surface area contributed by atoms with E-state index in [4.69, 9.17) is 4.74 Å². The first-order chi connectivity index (χ1) is 11.1. The van der Waals surface area contributed by atoms with Crippen LogP contribution in [0.15, 0.2) is 59.1 Å². The molecule has 0 aromatic heterocycles. The van der Waals surface area contributed by atoms with E-state index in [9.17, 15) is 4.79 Å². The highest BCUT2D eigenvalue weighted by Crippen LogP contribution is 2.25. The Morgan fingerprint density at radius 2 is 1.83 bits per heavy atom. The van der Waals surface area contributed by atoms with Crippen molar-refractivity contribution in [1.82, 2.24) is 10.2 Å². The van der Waals surface area contributed by atoms with Gasteiger partial charge in [0, 0.05) is 30.2 Å². The SMILES string of the molecule is CNCCN(C)C(=O)C(Oc1ccc(Br)cc1)c1ccccc1. The largest absolute Gasteiger partial charge is 0.476 e. The summed E-state index contributed by atoms with van der Waals surface area (Å²) in [6.45, 7) is 1.37. The van der Waals surface area contributed by atoms with Gasteiger partial charge in [-0.3, -0.25) is 4.79 Å². The number of amides is 1. The van der Waals surface area contributed by atoms with Crippen LogP contribution in [-0.4, -0.2) is 38.0 Å². The molecule has 0 aliphatic rings. The van der Waals surface area contributed by atoms with E-state index in [1.165, 1.54) is 0 Å². The van der Waals surface area contributed by atoms with Gasteiger partial charge in [0.1, 0.15) is 5.75 Å².